The summed E-state index contributed by atoms with van der Waals surface area (Å²) in [7, 11) is 0. The molecule has 0 saturated carbocycles. The highest BCUT2D eigenvalue weighted by atomic mass is 16.6. The van der Waals surface area contributed by atoms with Gasteiger partial charge in [0.15, 0.2) is 11.5 Å². The van der Waals surface area contributed by atoms with Crippen LogP contribution in [0.25, 0.3) is 0 Å². The van der Waals surface area contributed by atoms with Gasteiger partial charge in [-0.3, -0.25) is 14.6 Å². The molecular weight excluding hydrogens is 334 g/mol. The van der Waals surface area contributed by atoms with E-state index in [0.717, 1.165) is 5.69 Å². The number of benzene rings is 1. The minimum absolute atomic E-state index is 0.252. The fraction of sp³-hybridized carbons (Fsp3) is 0.211. The number of fused-ring (bicyclic) bond motifs is 1. The van der Waals surface area contributed by atoms with Crippen molar-refractivity contribution < 1.29 is 9.47 Å². The molecule has 0 spiro atoms. The second-order valence-corrected chi connectivity index (χ2v) is 5.96. The van der Waals surface area contributed by atoms with Crippen LogP contribution >= 0.6 is 0 Å². The van der Waals surface area contributed by atoms with Crippen LogP contribution in [0.2, 0.25) is 0 Å². The lowest BCUT2D eigenvalue weighted by atomic mass is 10.1. The maximum atomic E-state index is 11.9. The molecular formula is C19H17N3O4. The van der Waals surface area contributed by atoms with E-state index in [2.05, 4.69) is 15.6 Å². The summed E-state index contributed by atoms with van der Waals surface area (Å²) >= 11 is 0. The average Bonchev–Trinajstić information content (AvgIpc) is 2.70. The SMILES string of the molecule is O=c1c(NCc2ccccn2)c(NC[C@H]2COc3ccccc3O2)c1=O. The zero-order valence-corrected chi connectivity index (χ0v) is 13.9. The molecule has 0 aliphatic carbocycles. The molecule has 0 saturated heterocycles. The van der Waals surface area contributed by atoms with E-state index in [1.165, 1.54) is 0 Å². The summed E-state index contributed by atoms with van der Waals surface area (Å²) in [5.41, 5.74) is 0.318. The summed E-state index contributed by atoms with van der Waals surface area (Å²) in [5.74, 6) is 1.37. The Kier molecular flexibility index (Phi) is 4.27. The molecule has 0 amide bonds. The van der Waals surface area contributed by atoms with Crippen molar-refractivity contribution in [3.05, 3.63) is 74.8 Å². The molecule has 1 aliphatic heterocycles. The summed E-state index contributed by atoms with van der Waals surface area (Å²) < 4.78 is 11.5. The van der Waals surface area contributed by atoms with E-state index in [1.807, 2.05) is 42.5 Å². The van der Waals surface area contributed by atoms with Gasteiger partial charge in [-0.25, -0.2) is 0 Å². The standard InChI is InChI=1S/C19H17N3O4/c23-18-16(21-9-12-5-3-4-8-20-12)17(19(18)24)22-10-13-11-25-14-6-1-2-7-15(14)26-13/h1-8,13,21-22H,9-11H2/t13-/m0/s1. The summed E-state index contributed by atoms with van der Waals surface area (Å²) in [6.45, 7) is 1.10. The van der Waals surface area contributed by atoms with Crippen LogP contribution in [0.1, 0.15) is 5.69 Å². The van der Waals surface area contributed by atoms with E-state index in [4.69, 9.17) is 9.47 Å². The highest BCUT2D eigenvalue weighted by Crippen LogP contribution is 2.31. The number of hydrogen-bond acceptors (Lipinski definition) is 7. The summed E-state index contributed by atoms with van der Waals surface area (Å²) in [6.07, 6.45) is 1.43. The van der Waals surface area contributed by atoms with Gasteiger partial charge < -0.3 is 20.1 Å². The number of para-hydroxylation sites is 2. The van der Waals surface area contributed by atoms with Gasteiger partial charge in [-0.15, -0.1) is 0 Å². The molecule has 7 nitrogen and oxygen atoms in total. The third-order valence-corrected chi connectivity index (χ3v) is 4.16. The first-order valence-electron chi connectivity index (χ1n) is 8.32. The van der Waals surface area contributed by atoms with Gasteiger partial charge in [0.1, 0.15) is 24.1 Å². The molecule has 1 aromatic heterocycles. The normalized spacial score (nSPS) is 15.6. The third-order valence-electron chi connectivity index (χ3n) is 4.16. The number of nitrogens with one attached hydrogen (secondary N) is 2. The van der Waals surface area contributed by atoms with E-state index < -0.39 is 10.9 Å². The van der Waals surface area contributed by atoms with E-state index in [-0.39, 0.29) is 17.5 Å². The number of anilines is 2. The van der Waals surface area contributed by atoms with Crippen LogP contribution in [0.15, 0.2) is 58.3 Å². The fourth-order valence-electron chi connectivity index (χ4n) is 2.79. The number of pyridine rings is 1. The number of hydrogen-bond donors (Lipinski definition) is 2. The monoisotopic (exact) mass is 351 g/mol. The number of rotatable bonds is 6. The van der Waals surface area contributed by atoms with Crippen LogP contribution < -0.4 is 31.0 Å². The van der Waals surface area contributed by atoms with Crippen LogP contribution in [-0.4, -0.2) is 24.2 Å². The van der Waals surface area contributed by atoms with E-state index >= 15 is 0 Å². The van der Waals surface area contributed by atoms with E-state index in [1.54, 1.807) is 6.20 Å². The Balaban J connectivity index is 1.38. The third kappa shape index (κ3) is 3.11. The molecule has 26 heavy (non-hydrogen) atoms. The van der Waals surface area contributed by atoms with Crippen LogP contribution in [-0.2, 0) is 6.54 Å². The molecule has 2 aromatic carbocycles. The van der Waals surface area contributed by atoms with Gasteiger partial charge in [-0.05, 0) is 24.3 Å². The van der Waals surface area contributed by atoms with Crippen molar-refractivity contribution in [2.75, 3.05) is 23.8 Å². The average molecular weight is 351 g/mol. The highest BCUT2D eigenvalue weighted by molar-refractivity contribution is 5.74. The number of aromatic nitrogens is 1. The Hall–Kier alpha value is -3.35. The van der Waals surface area contributed by atoms with Gasteiger partial charge in [0, 0.05) is 6.20 Å². The second kappa shape index (κ2) is 6.87. The van der Waals surface area contributed by atoms with Gasteiger partial charge in [-0.1, -0.05) is 18.2 Å². The number of nitrogens with zero attached hydrogens (tertiary/aromatic N) is 1. The van der Waals surface area contributed by atoms with Crippen molar-refractivity contribution in [3.63, 3.8) is 0 Å². The molecule has 7 heteroatoms. The van der Waals surface area contributed by atoms with Gasteiger partial charge in [0.2, 0.25) is 0 Å². The Morgan fingerprint density at radius 1 is 0.962 bits per heavy atom. The Morgan fingerprint density at radius 2 is 1.69 bits per heavy atom. The van der Waals surface area contributed by atoms with Crippen molar-refractivity contribution in [1.82, 2.24) is 4.98 Å². The van der Waals surface area contributed by atoms with Gasteiger partial charge in [0.05, 0.1) is 18.8 Å². The maximum absolute atomic E-state index is 11.9. The van der Waals surface area contributed by atoms with Crippen molar-refractivity contribution in [2.24, 2.45) is 0 Å². The van der Waals surface area contributed by atoms with Crippen LogP contribution in [0.3, 0.4) is 0 Å². The maximum Gasteiger partial charge on any atom is 0.253 e. The lowest BCUT2D eigenvalue weighted by molar-refractivity contribution is 0.0997. The van der Waals surface area contributed by atoms with Crippen molar-refractivity contribution >= 4 is 11.4 Å². The minimum Gasteiger partial charge on any atom is -0.486 e. The topological polar surface area (TPSA) is 89.6 Å². The Bertz CT molecular complexity index is 980. The lowest BCUT2D eigenvalue weighted by Gasteiger charge is -2.27. The lowest BCUT2D eigenvalue weighted by Crippen LogP contribution is -2.41. The highest BCUT2D eigenvalue weighted by Gasteiger charge is 2.24. The van der Waals surface area contributed by atoms with Crippen LogP contribution in [0.5, 0.6) is 11.5 Å². The van der Waals surface area contributed by atoms with Crippen molar-refractivity contribution in [3.8, 4) is 11.5 Å². The van der Waals surface area contributed by atoms with E-state index in [0.29, 0.717) is 31.2 Å². The predicted octanol–water partition coefficient (Wildman–Crippen LogP) is 1.54. The zero-order chi connectivity index (χ0) is 17.9. The molecule has 132 valence electrons. The van der Waals surface area contributed by atoms with Crippen LogP contribution in [0.4, 0.5) is 11.4 Å². The van der Waals surface area contributed by atoms with E-state index in [9.17, 15) is 9.59 Å². The summed E-state index contributed by atoms with van der Waals surface area (Å²) in [4.78, 5) is 27.9. The summed E-state index contributed by atoms with van der Waals surface area (Å²) in [6, 6.07) is 12.9. The Morgan fingerprint density at radius 3 is 2.46 bits per heavy atom. The zero-order valence-electron chi connectivity index (χ0n) is 13.9. The largest absolute Gasteiger partial charge is 0.486 e. The smallest absolute Gasteiger partial charge is 0.253 e. The first-order chi connectivity index (χ1) is 12.7. The molecule has 4 rings (SSSR count). The Labute approximate surface area is 149 Å². The molecule has 1 atom stereocenters. The van der Waals surface area contributed by atoms with Crippen LogP contribution in [0, 0.1) is 0 Å². The minimum atomic E-state index is -0.523. The van der Waals surface area contributed by atoms with Gasteiger partial charge in [-0.2, -0.15) is 0 Å². The molecule has 0 unspecified atom stereocenters. The second-order valence-electron chi connectivity index (χ2n) is 5.96. The molecule has 1 aliphatic rings. The predicted molar refractivity (Wildman–Crippen MR) is 97.8 cm³/mol. The molecule has 0 fully saturated rings. The molecule has 3 aromatic rings. The molecule has 0 bridgehead atoms. The summed E-state index contributed by atoms with van der Waals surface area (Å²) in [5, 5.41) is 5.99. The molecule has 2 heterocycles. The first-order valence-corrected chi connectivity index (χ1v) is 8.32. The quantitative estimate of drug-likeness (QED) is 0.651. The van der Waals surface area contributed by atoms with Crippen molar-refractivity contribution in [2.45, 2.75) is 12.6 Å². The van der Waals surface area contributed by atoms with Gasteiger partial charge in [0.25, 0.3) is 10.9 Å². The molecule has 0 radical (unpaired) electrons. The first kappa shape index (κ1) is 16.1. The van der Waals surface area contributed by atoms with Crippen molar-refractivity contribution in [1.29, 1.82) is 0 Å². The van der Waals surface area contributed by atoms with Gasteiger partial charge >= 0.3 is 0 Å². The fourth-order valence-corrected chi connectivity index (χ4v) is 2.79. The molecule has 2 N–H and O–H groups in total. The number of ether oxygens (including phenoxy) is 2.